The minimum Gasteiger partial charge on any atom is -0.339 e. The third-order valence-electron chi connectivity index (χ3n) is 4.48. The van der Waals surface area contributed by atoms with Gasteiger partial charge in [-0.2, -0.15) is 16.7 Å². The molecule has 1 aromatic rings. The van der Waals surface area contributed by atoms with Crippen LogP contribution in [-0.4, -0.2) is 70.2 Å². The largest absolute Gasteiger partial charge is 0.339 e. The van der Waals surface area contributed by atoms with E-state index in [1.54, 1.807) is 0 Å². The van der Waals surface area contributed by atoms with Gasteiger partial charge in [0.1, 0.15) is 0 Å². The number of aromatic nitrogens is 2. The van der Waals surface area contributed by atoms with Crippen molar-refractivity contribution in [2.24, 2.45) is 5.73 Å². The van der Waals surface area contributed by atoms with Crippen molar-refractivity contribution in [3.63, 3.8) is 0 Å². The lowest BCUT2D eigenvalue weighted by molar-refractivity contribution is 0.00781. The zero-order valence-corrected chi connectivity index (χ0v) is 11.7. The monoisotopic (exact) mass is 281 g/mol. The van der Waals surface area contributed by atoms with Crippen molar-refractivity contribution in [2.45, 2.75) is 18.0 Å². The molecule has 19 heavy (non-hydrogen) atoms. The molecule has 1 aromatic heterocycles. The van der Waals surface area contributed by atoms with Crippen LogP contribution in [0.2, 0.25) is 0 Å². The van der Waals surface area contributed by atoms with Gasteiger partial charge in [0.05, 0.1) is 12.0 Å². The van der Waals surface area contributed by atoms with Crippen LogP contribution in [0.1, 0.15) is 23.7 Å². The van der Waals surface area contributed by atoms with Crippen molar-refractivity contribution in [1.82, 2.24) is 19.9 Å². The highest BCUT2D eigenvalue weighted by Gasteiger charge is 2.37. The van der Waals surface area contributed by atoms with Crippen molar-refractivity contribution >= 4 is 11.8 Å². The average Bonchev–Trinajstić information content (AvgIpc) is 3.08. The van der Waals surface area contributed by atoms with Crippen molar-refractivity contribution in [2.75, 3.05) is 44.2 Å². The van der Waals surface area contributed by atoms with Gasteiger partial charge in [-0.05, 0) is 0 Å². The summed E-state index contributed by atoms with van der Waals surface area (Å²) in [6.45, 7) is 5.61. The Balaban J connectivity index is 1.55. The van der Waals surface area contributed by atoms with Gasteiger partial charge in [0.2, 0.25) is 5.89 Å². The summed E-state index contributed by atoms with van der Waals surface area (Å²) in [5.74, 6) is 3.82. The summed E-state index contributed by atoms with van der Waals surface area (Å²) in [5, 5.41) is 4.22. The maximum Gasteiger partial charge on any atom is 0.232 e. The van der Waals surface area contributed by atoms with Crippen LogP contribution in [0.4, 0.5) is 0 Å². The molecule has 0 radical (unpaired) electrons. The molecule has 104 valence electrons. The van der Waals surface area contributed by atoms with E-state index < -0.39 is 0 Å². The Bertz CT molecular complexity index is 459. The fourth-order valence-corrected chi connectivity index (χ4v) is 4.51. The van der Waals surface area contributed by atoms with Gasteiger partial charge in [-0.3, -0.25) is 9.80 Å². The summed E-state index contributed by atoms with van der Waals surface area (Å²) < 4.78 is 5.48. The van der Waals surface area contributed by atoms with Crippen LogP contribution in [0.25, 0.3) is 0 Å². The van der Waals surface area contributed by atoms with Gasteiger partial charge in [0, 0.05) is 50.3 Å². The van der Waals surface area contributed by atoms with Gasteiger partial charge >= 0.3 is 0 Å². The zero-order valence-electron chi connectivity index (χ0n) is 10.9. The Morgan fingerprint density at radius 3 is 2.68 bits per heavy atom. The number of thioether (sulfide) groups is 1. The first-order valence-electron chi connectivity index (χ1n) is 6.94. The molecule has 4 saturated heterocycles. The Morgan fingerprint density at radius 2 is 2.05 bits per heavy atom. The molecule has 0 spiro atoms. The maximum absolute atomic E-state index is 6.09. The molecular formula is C12H19N5OS. The molecule has 2 N–H and O–H groups in total. The van der Waals surface area contributed by atoms with Crippen molar-refractivity contribution < 1.29 is 4.52 Å². The van der Waals surface area contributed by atoms with E-state index in [2.05, 4.69) is 19.9 Å². The van der Waals surface area contributed by atoms with Gasteiger partial charge in [-0.15, -0.1) is 0 Å². The summed E-state index contributed by atoms with van der Waals surface area (Å²) in [6.07, 6.45) is 0. The molecule has 0 saturated carbocycles. The first-order chi connectivity index (χ1) is 9.31. The number of hydrogen-bond donors (Lipinski definition) is 1. The predicted octanol–water partition coefficient (Wildman–Crippen LogP) is -0.100. The normalized spacial score (nSPS) is 41.8. The van der Waals surface area contributed by atoms with Gasteiger partial charge in [-0.1, -0.05) is 5.16 Å². The Hall–Kier alpha value is -0.630. The van der Waals surface area contributed by atoms with Crippen LogP contribution in [0.5, 0.6) is 0 Å². The van der Waals surface area contributed by atoms with E-state index in [0.29, 0.717) is 6.04 Å². The summed E-state index contributed by atoms with van der Waals surface area (Å²) in [7, 11) is 0. The number of piperazine rings is 3. The molecule has 4 aliphatic heterocycles. The van der Waals surface area contributed by atoms with Crippen LogP contribution < -0.4 is 5.73 Å². The van der Waals surface area contributed by atoms with Crippen LogP contribution in [0.3, 0.4) is 0 Å². The molecule has 7 heteroatoms. The van der Waals surface area contributed by atoms with Crippen LogP contribution in [0.15, 0.2) is 4.52 Å². The van der Waals surface area contributed by atoms with Crippen LogP contribution in [0, 0.1) is 0 Å². The minimum atomic E-state index is 0.158. The molecular weight excluding hydrogens is 262 g/mol. The van der Waals surface area contributed by atoms with Gasteiger partial charge in [0.25, 0.3) is 0 Å². The quantitative estimate of drug-likeness (QED) is 0.811. The van der Waals surface area contributed by atoms with E-state index in [1.165, 1.54) is 13.1 Å². The standard InChI is InChI=1S/C12H19N5OS/c13-9-7-19-6-8(9)12-14-11(15-18-12)10-5-16-1-3-17(10)4-2-16/h8-10H,1-7,13H2. The van der Waals surface area contributed by atoms with Crippen molar-refractivity contribution in [3.05, 3.63) is 11.7 Å². The summed E-state index contributed by atoms with van der Waals surface area (Å²) in [5.41, 5.74) is 6.09. The molecule has 5 rings (SSSR count). The highest BCUT2D eigenvalue weighted by molar-refractivity contribution is 7.99. The number of nitrogens with zero attached hydrogens (tertiary/aromatic N) is 4. The van der Waals surface area contributed by atoms with Gasteiger partial charge < -0.3 is 10.3 Å². The van der Waals surface area contributed by atoms with Gasteiger partial charge in [-0.25, -0.2) is 0 Å². The highest BCUT2D eigenvalue weighted by Crippen LogP contribution is 2.32. The second kappa shape index (κ2) is 4.73. The van der Waals surface area contributed by atoms with Crippen LogP contribution >= 0.6 is 11.8 Å². The molecule has 4 fully saturated rings. The highest BCUT2D eigenvalue weighted by atomic mass is 32.2. The molecule has 0 aromatic carbocycles. The van der Waals surface area contributed by atoms with Crippen molar-refractivity contribution in [1.29, 1.82) is 0 Å². The average molecular weight is 281 g/mol. The summed E-state index contributed by atoms with van der Waals surface area (Å²) in [6, 6.07) is 0.468. The lowest BCUT2D eigenvalue weighted by atomic mass is 10.0. The summed E-state index contributed by atoms with van der Waals surface area (Å²) in [4.78, 5) is 9.60. The Morgan fingerprint density at radius 1 is 1.21 bits per heavy atom. The number of nitrogens with two attached hydrogens (primary N) is 1. The third-order valence-corrected chi connectivity index (χ3v) is 5.69. The maximum atomic E-state index is 6.09. The number of fused-ring (bicyclic) bond motifs is 3. The molecule has 3 atom stereocenters. The van der Waals surface area contributed by atoms with E-state index in [-0.39, 0.29) is 12.0 Å². The second-order valence-corrected chi connectivity index (χ2v) is 6.73. The molecule has 2 bridgehead atoms. The topological polar surface area (TPSA) is 71.4 Å². The van der Waals surface area contributed by atoms with Crippen LogP contribution in [-0.2, 0) is 0 Å². The third kappa shape index (κ3) is 2.08. The Kier molecular flexibility index (Phi) is 3.02. The lowest BCUT2D eigenvalue weighted by Gasteiger charge is -2.46. The smallest absolute Gasteiger partial charge is 0.232 e. The van der Waals surface area contributed by atoms with E-state index in [9.17, 15) is 0 Å². The minimum absolute atomic E-state index is 0.158. The molecule has 4 aliphatic rings. The van der Waals surface area contributed by atoms with E-state index >= 15 is 0 Å². The zero-order chi connectivity index (χ0) is 12.8. The first kappa shape index (κ1) is 12.1. The first-order valence-corrected chi connectivity index (χ1v) is 8.10. The van der Waals surface area contributed by atoms with Crippen molar-refractivity contribution in [3.8, 4) is 0 Å². The second-order valence-electron chi connectivity index (χ2n) is 5.65. The molecule has 0 aliphatic carbocycles. The van der Waals surface area contributed by atoms with E-state index in [0.717, 1.165) is 42.9 Å². The fraction of sp³-hybridized carbons (Fsp3) is 0.833. The molecule has 0 amide bonds. The molecule has 6 nitrogen and oxygen atoms in total. The fourth-order valence-electron chi connectivity index (χ4n) is 3.22. The SMILES string of the molecule is NC1CSCC1c1nc(C2CN3CCN2CC3)no1. The number of hydrogen-bond acceptors (Lipinski definition) is 7. The molecule has 5 heterocycles. The summed E-state index contributed by atoms with van der Waals surface area (Å²) >= 11 is 1.87. The van der Waals surface area contributed by atoms with Gasteiger partial charge in [0.15, 0.2) is 5.82 Å². The lowest BCUT2D eigenvalue weighted by Crippen LogP contribution is -2.57. The van der Waals surface area contributed by atoms with E-state index in [4.69, 9.17) is 10.3 Å². The number of rotatable bonds is 2. The predicted molar refractivity (Wildman–Crippen MR) is 73.1 cm³/mol. The molecule has 3 unspecified atom stereocenters. The van der Waals surface area contributed by atoms with E-state index in [1.807, 2.05) is 11.8 Å². The Labute approximate surface area is 116 Å².